The Morgan fingerprint density at radius 3 is 2.21 bits per heavy atom. The van der Waals surface area contributed by atoms with Crippen molar-refractivity contribution >= 4 is 12.3 Å². The van der Waals surface area contributed by atoms with Crippen LogP contribution in [0.5, 0.6) is 0 Å². The molecular formula is C11H20N2O. The van der Waals surface area contributed by atoms with Crippen molar-refractivity contribution in [3.05, 3.63) is 29.6 Å². The van der Waals surface area contributed by atoms with E-state index < -0.39 is 0 Å². The fourth-order valence-corrected chi connectivity index (χ4v) is 0.944. The van der Waals surface area contributed by atoms with E-state index in [1.807, 2.05) is 27.0 Å². The van der Waals surface area contributed by atoms with Gasteiger partial charge in [0.15, 0.2) is 0 Å². The predicted octanol–water partition coefficient (Wildman–Crippen LogP) is 2.60. The molecule has 1 rings (SSSR count). The number of aliphatic hydroxyl groups excluding tert-OH is 1. The van der Waals surface area contributed by atoms with Crippen molar-refractivity contribution in [3.8, 4) is 0 Å². The van der Waals surface area contributed by atoms with Crippen LogP contribution in [0.3, 0.4) is 0 Å². The highest BCUT2D eigenvalue weighted by Gasteiger charge is 1.99. The van der Waals surface area contributed by atoms with Crippen LogP contribution in [-0.2, 0) is 0 Å². The normalized spacial score (nSPS) is 7.50. The molecule has 0 saturated heterocycles. The van der Waals surface area contributed by atoms with Gasteiger partial charge in [-0.2, -0.15) is 0 Å². The average Bonchev–Trinajstić information content (AvgIpc) is 2.64. The van der Waals surface area contributed by atoms with E-state index in [2.05, 4.69) is 11.6 Å². The average molecular weight is 196 g/mol. The van der Waals surface area contributed by atoms with Gasteiger partial charge in [-0.15, -0.1) is 0 Å². The van der Waals surface area contributed by atoms with Crippen molar-refractivity contribution in [2.45, 2.75) is 20.8 Å². The lowest BCUT2D eigenvalue weighted by Crippen LogP contribution is -1.81. The van der Waals surface area contributed by atoms with Crippen LogP contribution in [0.2, 0.25) is 0 Å². The molecule has 0 atom stereocenters. The molecule has 0 amide bonds. The third-order valence-corrected chi connectivity index (χ3v) is 1.51. The zero-order valence-electron chi connectivity index (χ0n) is 9.39. The molecule has 80 valence electrons. The first-order valence-electron chi connectivity index (χ1n) is 4.55. The Kier molecular flexibility index (Phi) is 10.5. The Morgan fingerprint density at radius 1 is 1.43 bits per heavy atom. The van der Waals surface area contributed by atoms with E-state index in [0.717, 1.165) is 23.9 Å². The van der Waals surface area contributed by atoms with E-state index in [-0.39, 0.29) is 0 Å². The number of hydrogen-bond donors (Lipinski definition) is 3. The maximum atomic E-state index is 7.00. The third kappa shape index (κ3) is 4.05. The minimum atomic E-state index is 0.826. The van der Waals surface area contributed by atoms with Crippen molar-refractivity contribution in [1.82, 2.24) is 4.98 Å². The predicted molar refractivity (Wildman–Crippen MR) is 63.0 cm³/mol. The van der Waals surface area contributed by atoms with Gasteiger partial charge in [-0.25, -0.2) is 0 Å². The van der Waals surface area contributed by atoms with E-state index >= 15 is 0 Å². The quantitative estimate of drug-likeness (QED) is 0.625. The van der Waals surface area contributed by atoms with Crippen LogP contribution >= 0.6 is 0 Å². The van der Waals surface area contributed by atoms with Gasteiger partial charge in [0.05, 0.1) is 5.69 Å². The second kappa shape index (κ2) is 9.74. The first-order valence-corrected chi connectivity index (χ1v) is 4.55. The Balaban J connectivity index is 0. The van der Waals surface area contributed by atoms with E-state index in [1.54, 1.807) is 6.08 Å². The number of aliphatic hydroxyl groups is 1. The van der Waals surface area contributed by atoms with Crippen molar-refractivity contribution in [1.29, 1.82) is 5.41 Å². The molecule has 3 nitrogen and oxygen atoms in total. The van der Waals surface area contributed by atoms with Crippen molar-refractivity contribution in [2.24, 2.45) is 0 Å². The van der Waals surface area contributed by atoms with Gasteiger partial charge in [-0.05, 0) is 12.5 Å². The summed E-state index contributed by atoms with van der Waals surface area (Å²) in [5.74, 6) is 0. The van der Waals surface area contributed by atoms with Crippen molar-refractivity contribution < 1.29 is 5.11 Å². The Labute approximate surface area is 86.0 Å². The maximum Gasteiger partial charge on any atom is 0.0635 e. The van der Waals surface area contributed by atoms with Gasteiger partial charge in [0.2, 0.25) is 0 Å². The Hall–Kier alpha value is -1.35. The van der Waals surface area contributed by atoms with Gasteiger partial charge in [0.1, 0.15) is 0 Å². The maximum absolute atomic E-state index is 7.00. The van der Waals surface area contributed by atoms with Gasteiger partial charge in [0, 0.05) is 25.1 Å². The van der Waals surface area contributed by atoms with Crippen LogP contribution in [-0.4, -0.2) is 23.4 Å². The first kappa shape index (κ1) is 15.1. The second-order valence-electron chi connectivity index (χ2n) is 2.15. The molecule has 1 aromatic rings. The summed E-state index contributed by atoms with van der Waals surface area (Å²) < 4.78 is 0. The fraction of sp³-hybridized carbons (Fsp3) is 0.364. The largest absolute Gasteiger partial charge is 0.400 e. The highest BCUT2D eigenvalue weighted by Crippen LogP contribution is 2.11. The summed E-state index contributed by atoms with van der Waals surface area (Å²) in [4.78, 5) is 2.96. The molecule has 3 heteroatoms. The van der Waals surface area contributed by atoms with Crippen LogP contribution in [0.15, 0.2) is 12.8 Å². The summed E-state index contributed by atoms with van der Waals surface area (Å²) in [6.07, 6.45) is 4.92. The van der Waals surface area contributed by atoms with Crippen molar-refractivity contribution in [2.75, 3.05) is 7.11 Å². The summed E-state index contributed by atoms with van der Waals surface area (Å²) >= 11 is 0. The number of nitrogens with one attached hydrogen (secondary N) is 2. The molecule has 0 unspecified atom stereocenters. The topological polar surface area (TPSA) is 59.9 Å². The molecule has 1 heterocycles. The zero-order chi connectivity index (χ0) is 11.6. The number of aromatic nitrogens is 1. The van der Waals surface area contributed by atoms with Gasteiger partial charge >= 0.3 is 0 Å². The smallest absolute Gasteiger partial charge is 0.0635 e. The highest BCUT2D eigenvalue weighted by molar-refractivity contribution is 5.82. The lowest BCUT2D eigenvalue weighted by atomic mass is 10.2. The molecule has 0 aromatic carbocycles. The van der Waals surface area contributed by atoms with Crippen LogP contribution in [0.4, 0.5) is 0 Å². The summed E-state index contributed by atoms with van der Waals surface area (Å²) in [5.41, 5.74) is 2.98. The summed E-state index contributed by atoms with van der Waals surface area (Å²) in [6, 6.07) is 0. The molecule has 0 spiro atoms. The van der Waals surface area contributed by atoms with Gasteiger partial charge in [-0.1, -0.05) is 26.5 Å². The zero-order valence-corrected chi connectivity index (χ0v) is 9.39. The van der Waals surface area contributed by atoms with Gasteiger partial charge in [-0.3, -0.25) is 0 Å². The standard InChI is InChI=1S/C8H10N2.C2H6.CH4O/c1-3-7-6(2)5-10-8(7)4-9;2*1-2/h3-5,9-10H,1H2,2H3;1-2H3;2H,1H3. The van der Waals surface area contributed by atoms with Crippen LogP contribution in [0.1, 0.15) is 30.7 Å². The van der Waals surface area contributed by atoms with Gasteiger partial charge in [0.25, 0.3) is 0 Å². The summed E-state index contributed by atoms with van der Waals surface area (Å²) in [7, 11) is 1.00. The molecule has 3 N–H and O–H groups in total. The second-order valence-corrected chi connectivity index (χ2v) is 2.15. The molecule has 0 saturated carbocycles. The lowest BCUT2D eigenvalue weighted by molar-refractivity contribution is 0.399. The Morgan fingerprint density at radius 2 is 1.93 bits per heavy atom. The van der Waals surface area contributed by atoms with E-state index in [9.17, 15) is 0 Å². The molecule has 14 heavy (non-hydrogen) atoms. The van der Waals surface area contributed by atoms with Crippen LogP contribution < -0.4 is 0 Å². The fourth-order valence-electron chi connectivity index (χ4n) is 0.944. The van der Waals surface area contributed by atoms with E-state index in [0.29, 0.717) is 0 Å². The summed E-state index contributed by atoms with van der Waals surface area (Å²) in [6.45, 7) is 9.64. The van der Waals surface area contributed by atoms with Crippen LogP contribution in [0.25, 0.3) is 6.08 Å². The molecule has 0 aliphatic rings. The van der Waals surface area contributed by atoms with Gasteiger partial charge < -0.3 is 15.5 Å². The molecule has 0 aliphatic carbocycles. The highest BCUT2D eigenvalue weighted by atomic mass is 16.2. The Bertz CT molecular complexity index is 264. The van der Waals surface area contributed by atoms with E-state index in [4.69, 9.17) is 10.5 Å². The van der Waals surface area contributed by atoms with Crippen LogP contribution in [0, 0.1) is 12.3 Å². The minimum Gasteiger partial charge on any atom is -0.400 e. The molecule has 0 aliphatic heterocycles. The number of H-pyrrole nitrogens is 1. The van der Waals surface area contributed by atoms with E-state index in [1.165, 1.54) is 6.21 Å². The number of rotatable bonds is 2. The summed E-state index contributed by atoms with van der Waals surface area (Å²) in [5, 5.41) is 14.0. The number of hydrogen-bond acceptors (Lipinski definition) is 2. The molecule has 0 fully saturated rings. The SMILES string of the molecule is C=Cc1c(C)c[nH]c1C=N.CC.CO. The monoisotopic (exact) mass is 196 g/mol. The number of aryl methyl sites for hydroxylation is 1. The molecule has 1 aromatic heterocycles. The number of aromatic amines is 1. The van der Waals surface area contributed by atoms with Crippen molar-refractivity contribution in [3.63, 3.8) is 0 Å². The third-order valence-electron chi connectivity index (χ3n) is 1.51. The first-order chi connectivity index (χ1) is 6.79. The molecular weight excluding hydrogens is 176 g/mol. The molecule has 0 bridgehead atoms. The minimum absolute atomic E-state index is 0.826. The lowest BCUT2D eigenvalue weighted by Gasteiger charge is -1.89. The molecule has 0 radical (unpaired) electrons.